The Bertz CT molecular complexity index is 1730. The van der Waals surface area contributed by atoms with Crippen molar-refractivity contribution in [3.8, 4) is 5.75 Å². The number of benzene rings is 3. The van der Waals surface area contributed by atoms with Gasteiger partial charge in [-0.25, -0.2) is 24.2 Å². The van der Waals surface area contributed by atoms with Crippen LogP contribution in [0.4, 0.5) is 9.18 Å². The first-order valence-electron chi connectivity index (χ1n) is 14.7. The average Bonchev–Trinajstić information content (AvgIpc) is 3.55. The number of carbonyl (C=O) groups excluding carboxylic acids is 3. The van der Waals surface area contributed by atoms with E-state index in [1.54, 1.807) is 38.6 Å². The standard InChI is InChI=1S/C33H33FN6O4S/c1-2-3-15-38-20-29(42)39-27(16-22-9-12-25(41)13-10-22)32(43)37(18-24-11-14-26(34)31-30(24)36-21-45-31)19-28(39)40(38)33(44)35-17-23-7-5-4-6-8-23/h2-14,21,27-28,41H,15-20H2,1H3,(H,35,44)/t27-,28-/m0/s1. The normalized spacial score (nSPS) is 19.0. The number of fused-ring (bicyclic) bond motifs is 2. The Balaban J connectivity index is 1.37. The van der Waals surface area contributed by atoms with Crippen molar-refractivity contribution in [1.82, 2.24) is 30.1 Å². The number of thiazole rings is 1. The number of hydrazine groups is 1. The second kappa shape index (κ2) is 13.0. The third-order valence-electron chi connectivity index (χ3n) is 8.12. The molecule has 45 heavy (non-hydrogen) atoms. The molecular formula is C33H33FN6O4S. The third kappa shape index (κ3) is 6.24. The number of amides is 4. The summed E-state index contributed by atoms with van der Waals surface area (Å²) in [5.74, 6) is -0.841. The molecule has 2 atom stereocenters. The van der Waals surface area contributed by atoms with E-state index in [0.29, 0.717) is 22.3 Å². The molecule has 2 N–H and O–H groups in total. The van der Waals surface area contributed by atoms with Crippen LogP contribution in [0.15, 0.2) is 84.4 Å². The van der Waals surface area contributed by atoms with Gasteiger partial charge in [-0.05, 0) is 41.8 Å². The molecule has 4 amide bonds. The predicted octanol–water partition coefficient (Wildman–Crippen LogP) is 4.27. The maximum Gasteiger partial charge on any atom is 0.334 e. The largest absolute Gasteiger partial charge is 0.508 e. The van der Waals surface area contributed by atoms with Gasteiger partial charge in [0.1, 0.15) is 23.8 Å². The van der Waals surface area contributed by atoms with Gasteiger partial charge < -0.3 is 20.2 Å². The van der Waals surface area contributed by atoms with Crippen molar-refractivity contribution in [3.05, 3.63) is 107 Å². The highest BCUT2D eigenvalue weighted by molar-refractivity contribution is 7.16. The summed E-state index contributed by atoms with van der Waals surface area (Å²) < 4.78 is 14.9. The van der Waals surface area contributed by atoms with E-state index < -0.39 is 18.2 Å². The van der Waals surface area contributed by atoms with Gasteiger partial charge in [-0.3, -0.25) is 9.59 Å². The summed E-state index contributed by atoms with van der Waals surface area (Å²) in [5.41, 5.74) is 4.40. The number of allylic oxidation sites excluding steroid dienone is 1. The lowest BCUT2D eigenvalue weighted by Crippen LogP contribution is -2.76. The lowest BCUT2D eigenvalue weighted by Gasteiger charge is -2.55. The van der Waals surface area contributed by atoms with E-state index in [0.717, 1.165) is 11.1 Å². The van der Waals surface area contributed by atoms with E-state index in [4.69, 9.17) is 0 Å². The summed E-state index contributed by atoms with van der Waals surface area (Å²) in [6.45, 7) is 2.55. The molecule has 0 aliphatic carbocycles. The molecule has 232 valence electrons. The van der Waals surface area contributed by atoms with E-state index in [2.05, 4.69) is 10.3 Å². The second-order valence-electron chi connectivity index (χ2n) is 11.0. The van der Waals surface area contributed by atoms with E-state index in [1.807, 2.05) is 49.4 Å². The number of nitrogens with zero attached hydrogens (tertiary/aromatic N) is 5. The van der Waals surface area contributed by atoms with E-state index in [1.165, 1.54) is 34.4 Å². The molecule has 2 fully saturated rings. The fraction of sp³-hybridized carbons (Fsp3) is 0.273. The zero-order valence-electron chi connectivity index (χ0n) is 24.7. The Morgan fingerprint density at radius 3 is 2.62 bits per heavy atom. The fourth-order valence-electron chi connectivity index (χ4n) is 5.94. The van der Waals surface area contributed by atoms with Crippen LogP contribution in [0, 0.1) is 5.82 Å². The molecule has 0 spiro atoms. The molecule has 3 heterocycles. The molecule has 3 aromatic carbocycles. The highest BCUT2D eigenvalue weighted by atomic mass is 32.1. The van der Waals surface area contributed by atoms with Crippen molar-refractivity contribution in [1.29, 1.82) is 0 Å². The number of phenols is 1. The first kappa shape index (κ1) is 30.2. The first-order valence-corrected chi connectivity index (χ1v) is 15.6. The number of aromatic nitrogens is 1. The maximum absolute atomic E-state index is 14.5. The lowest BCUT2D eigenvalue weighted by atomic mass is 9.98. The Morgan fingerprint density at radius 2 is 1.87 bits per heavy atom. The summed E-state index contributed by atoms with van der Waals surface area (Å²) in [5, 5.41) is 16.1. The molecule has 0 bridgehead atoms. The summed E-state index contributed by atoms with van der Waals surface area (Å²) in [6, 6.07) is 17.7. The number of aromatic hydroxyl groups is 1. The average molecular weight is 629 g/mol. The topological polar surface area (TPSA) is 109 Å². The zero-order valence-corrected chi connectivity index (χ0v) is 25.5. The molecule has 10 nitrogen and oxygen atoms in total. The van der Waals surface area contributed by atoms with Crippen molar-refractivity contribution in [3.63, 3.8) is 0 Å². The highest BCUT2D eigenvalue weighted by Crippen LogP contribution is 2.31. The number of phenolic OH excluding ortho intramolecular Hbond substituents is 1. The number of rotatable bonds is 8. The van der Waals surface area contributed by atoms with Crippen molar-refractivity contribution < 1.29 is 23.9 Å². The lowest BCUT2D eigenvalue weighted by molar-refractivity contribution is -0.189. The number of piperazine rings is 1. The van der Waals surface area contributed by atoms with Crippen LogP contribution in [0.5, 0.6) is 5.75 Å². The van der Waals surface area contributed by atoms with Gasteiger partial charge in [-0.15, -0.1) is 11.3 Å². The minimum absolute atomic E-state index is 0.0464. The Kier molecular flexibility index (Phi) is 8.76. The van der Waals surface area contributed by atoms with E-state index in [-0.39, 0.29) is 56.0 Å². The van der Waals surface area contributed by atoms with Gasteiger partial charge in [0.2, 0.25) is 11.8 Å². The number of nitrogens with one attached hydrogen (secondary N) is 1. The molecule has 4 aromatic rings. The summed E-state index contributed by atoms with van der Waals surface area (Å²) in [6.07, 6.45) is 3.10. The molecule has 2 aliphatic rings. The van der Waals surface area contributed by atoms with Crippen molar-refractivity contribution in [2.45, 2.75) is 38.6 Å². The van der Waals surface area contributed by atoms with Crippen LogP contribution in [0.3, 0.4) is 0 Å². The quantitative estimate of drug-likeness (QED) is 0.282. The minimum atomic E-state index is -0.916. The molecule has 6 rings (SSSR count). The monoisotopic (exact) mass is 628 g/mol. The number of carbonyl (C=O) groups is 3. The molecular weight excluding hydrogens is 595 g/mol. The van der Waals surface area contributed by atoms with Gasteiger partial charge >= 0.3 is 6.03 Å². The van der Waals surface area contributed by atoms with Gasteiger partial charge in [0.05, 0.1) is 28.8 Å². The minimum Gasteiger partial charge on any atom is -0.508 e. The number of halogens is 1. The summed E-state index contributed by atoms with van der Waals surface area (Å²) >= 11 is 1.19. The van der Waals surface area contributed by atoms with Crippen LogP contribution in [0.2, 0.25) is 0 Å². The molecule has 2 saturated heterocycles. The van der Waals surface area contributed by atoms with Gasteiger partial charge in [0.15, 0.2) is 0 Å². The first-order chi connectivity index (χ1) is 21.8. The smallest absolute Gasteiger partial charge is 0.334 e. The maximum atomic E-state index is 14.5. The molecule has 0 saturated carbocycles. The Hall–Kier alpha value is -4.81. The van der Waals surface area contributed by atoms with Gasteiger partial charge in [0, 0.05) is 26.1 Å². The van der Waals surface area contributed by atoms with E-state index in [9.17, 15) is 23.9 Å². The number of urea groups is 1. The summed E-state index contributed by atoms with van der Waals surface area (Å²) in [4.78, 5) is 49.5. The second-order valence-corrected chi connectivity index (χ2v) is 11.9. The third-order valence-corrected chi connectivity index (χ3v) is 8.96. The van der Waals surface area contributed by atoms with Gasteiger partial charge in [-0.1, -0.05) is 60.7 Å². The Morgan fingerprint density at radius 1 is 1.09 bits per heavy atom. The molecule has 0 unspecified atom stereocenters. The van der Waals surface area contributed by atoms with Crippen LogP contribution in [0.25, 0.3) is 10.2 Å². The van der Waals surface area contributed by atoms with Crippen molar-refractivity contribution in [2.24, 2.45) is 0 Å². The molecule has 2 aliphatic heterocycles. The zero-order chi connectivity index (χ0) is 31.5. The van der Waals surface area contributed by atoms with Crippen molar-refractivity contribution >= 4 is 39.4 Å². The molecule has 0 radical (unpaired) electrons. The van der Waals surface area contributed by atoms with Crippen LogP contribution in [-0.2, 0) is 29.1 Å². The Labute approximate surface area is 263 Å². The summed E-state index contributed by atoms with van der Waals surface area (Å²) in [7, 11) is 0. The molecule has 12 heteroatoms. The van der Waals surface area contributed by atoms with Crippen molar-refractivity contribution in [2.75, 3.05) is 19.6 Å². The predicted molar refractivity (Wildman–Crippen MR) is 168 cm³/mol. The van der Waals surface area contributed by atoms with Crippen LogP contribution in [-0.4, -0.2) is 79.6 Å². The number of hydrogen-bond acceptors (Lipinski definition) is 7. The van der Waals surface area contributed by atoms with Crippen LogP contribution >= 0.6 is 11.3 Å². The fourth-order valence-corrected chi connectivity index (χ4v) is 6.68. The SMILES string of the molecule is CC=CCN1CC(=O)N2[C@@H](Cc3ccc(O)cc3)C(=O)N(Cc3ccc(F)c4scnc34)C[C@@H]2N1C(=O)NCc1ccccc1. The highest BCUT2D eigenvalue weighted by Gasteiger charge is 2.51. The van der Waals surface area contributed by atoms with E-state index >= 15 is 0 Å². The van der Waals surface area contributed by atoms with Crippen LogP contribution < -0.4 is 5.32 Å². The van der Waals surface area contributed by atoms with Crippen LogP contribution in [0.1, 0.15) is 23.6 Å². The molecule has 1 aromatic heterocycles. The van der Waals surface area contributed by atoms with Gasteiger partial charge in [-0.2, -0.15) is 0 Å². The number of hydrogen-bond donors (Lipinski definition) is 2. The van der Waals surface area contributed by atoms with Gasteiger partial charge in [0.25, 0.3) is 0 Å².